The van der Waals surface area contributed by atoms with Crippen LogP contribution in [-0.2, 0) is 6.54 Å². The minimum absolute atomic E-state index is 0.0926. The molecule has 1 aromatic carbocycles. The molecule has 0 N–H and O–H groups in total. The van der Waals surface area contributed by atoms with Crippen LogP contribution in [0, 0.1) is 0 Å². The first-order chi connectivity index (χ1) is 11.2. The van der Waals surface area contributed by atoms with Gasteiger partial charge in [0.15, 0.2) is 4.96 Å². The van der Waals surface area contributed by atoms with Crippen LogP contribution in [0.2, 0.25) is 0 Å². The van der Waals surface area contributed by atoms with Gasteiger partial charge in [0, 0.05) is 17.6 Å². The van der Waals surface area contributed by atoms with E-state index in [1.807, 2.05) is 18.2 Å². The van der Waals surface area contributed by atoms with Gasteiger partial charge in [-0.25, -0.2) is 9.78 Å². The molecule has 8 nitrogen and oxygen atoms in total. The Morgan fingerprint density at radius 1 is 1.09 bits per heavy atom. The van der Waals surface area contributed by atoms with Gasteiger partial charge in [0.2, 0.25) is 0 Å². The number of hydrogen-bond acceptors (Lipinski definition) is 6. The van der Waals surface area contributed by atoms with E-state index in [0.717, 1.165) is 0 Å². The van der Waals surface area contributed by atoms with E-state index >= 15 is 0 Å². The highest BCUT2D eigenvalue weighted by Gasteiger charge is 2.11. The molecule has 0 spiro atoms. The summed E-state index contributed by atoms with van der Waals surface area (Å²) in [4.78, 5) is 29.3. The van der Waals surface area contributed by atoms with Crippen molar-refractivity contribution in [3.05, 3.63) is 74.5 Å². The third kappa shape index (κ3) is 2.36. The van der Waals surface area contributed by atoms with Gasteiger partial charge in [0.1, 0.15) is 0 Å². The molecule has 9 heteroatoms. The molecule has 0 aliphatic carbocycles. The number of tetrazole rings is 1. The van der Waals surface area contributed by atoms with E-state index in [1.165, 1.54) is 31.2 Å². The lowest BCUT2D eigenvalue weighted by Crippen LogP contribution is -2.26. The Balaban J connectivity index is 1.73. The standard InChI is InChI=1S/C14H10N6O2S/c21-12-8-10(15-13-18(12)6-7-23-13)9-19-14(22)20(17-16-19)11-4-2-1-3-5-11/h1-8H,9H2. The molecule has 0 saturated heterocycles. The second-order valence-corrected chi connectivity index (χ2v) is 5.68. The first-order valence-electron chi connectivity index (χ1n) is 6.76. The molecule has 0 fully saturated rings. The Bertz CT molecular complexity index is 1090. The number of para-hydroxylation sites is 1. The summed E-state index contributed by atoms with van der Waals surface area (Å²) in [7, 11) is 0. The number of thiazole rings is 1. The van der Waals surface area contributed by atoms with Gasteiger partial charge in [-0.1, -0.05) is 18.2 Å². The summed E-state index contributed by atoms with van der Waals surface area (Å²) in [5, 5.41) is 9.51. The van der Waals surface area contributed by atoms with Crippen molar-refractivity contribution in [3.63, 3.8) is 0 Å². The Morgan fingerprint density at radius 2 is 1.91 bits per heavy atom. The molecule has 23 heavy (non-hydrogen) atoms. The van der Waals surface area contributed by atoms with E-state index < -0.39 is 0 Å². The Labute approximate surface area is 132 Å². The highest BCUT2D eigenvalue weighted by molar-refractivity contribution is 7.15. The first-order valence-corrected chi connectivity index (χ1v) is 7.64. The lowest BCUT2D eigenvalue weighted by atomic mass is 10.3. The zero-order valence-electron chi connectivity index (χ0n) is 11.7. The van der Waals surface area contributed by atoms with Crippen LogP contribution in [0.3, 0.4) is 0 Å². The maximum absolute atomic E-state index is 12.4. The number of fused-ring (bicyclic) bond motifs is 1. The molecule has 3 heterocycles. The Morgan fingerprint density at radius 3 is 2.74 bits per heavy atom. The van der Waals surface area contributed by atoms with Gasteiger partial charge < -0.3 is 0 Å². The second-order valence-electron chi connectivity index (χ2n) is 4.81. The number of rotatable bonds is 3. The van der Waals surface area contributed by atoms with E-state index in [1.54, 1.807) is 23.7 Å². The number of aromatic nitrogens is 6. The molecule has 0 bridgehead atoms. The average Bonchev–Trinajstić information content (AvgIpc) is 3.16. The fourth-order valence-corrected chi connectivity index (χ4v) is 2.97. The zero-order valence-corrected chi connectivity index (χ0v) is 12.6. The third-order valence-electron chi connectivity index (χ3n) is 3.31. The number of hydrogen-bond donors (Lipinski definition) is 0. The fraction of sp³-hybridized carbons (Fsp3) is 0.0714. The smallest absolute Gasteiger partial charge is 0.269 e. The molecule has 3 aromatic heterocycles. The molecular formula is C14H10N6O2S. The van der Waals surface area contributed by atoms with Crippen LogP contribution < -0.4 is 11.2 Å². The SMILES string of the molecule is O=c1n(Cc2cc(=O)n3ccsc3n2)nnn1-c1ccccc1. The number of benzene rings is 1. The fourth-order valence-electron chi connectivity index (χ4n) is 2.23. The summed E-state index contributed by atoms with van der Waals surface area (Å²) in [5.74, 6) is 0. The number of nitrogens with zero attached hydrogens (tertiary/aromatic N) is 6. The quantitative estimate of drug-likeness (QED) is 0.548. The Hall–Kier alpha value is -3.07. The van der Waals surface area contributed by atoms with Crippen molar-refractivity contribution in [1.82, 2.24) is 29.2 Å². The van der Waals surface area contributed by atoms with Crippen molar-refractivity contribution in [2.75, 3.05) is 0 Å². The summed E-state index contributed by atoms with van der Waals surface area (Å²) in [5.41, 5.74) is 0.532. The summed E-state index contributed by atoms with van der Waals surface area (Å²) in [6, 6.07) is 10.4. The van der Waals surface area contributed by atoms with Crippen molar-refractivity contribution in [2.24, 2.45) is 0 Å². The van der Waals surface area contributed by atoms with Crippen LogP contribution in [0.5, 0.6) is 0 Å². The van der Waals surface area contributed by atoms with Gasteiger partial charge in [0.05, 0.1) is 17.9 Å². The van der Waals surface area contributed by atoms with Gasteiger partial charge in [-0.2, -0.15) is 9.36 Å². The largest absolute Gasteiger partial charge is 0.368 e. The van der Waals surface area contributed by atoms with E-state index in [9.17, 15) is 9.59 Å². The zero-order chi connectivity index (χ0) is 15.8. The van der Waals surface area contributed by atoms with Gasteiger partial charge in [-0.3, -0.25) is 9.20 Å². The highest BCUT2D eigenvalue weighted by atomic mass is 32.1. The van der Waals surface area contributed by atoms with Crippen molar-refractivity contribution in [3.8, 4) is 5.69 Å². The van der Waals surface area contributed by atoms with Crippen LogP contribution in [0.1, 0.15) is 5.69 Å². The molecule has 4 rings (SSSR count). The van der Waals surface area contributed by atoms with Gasteiger partial charge in [-0.05, 0) is 22.6 Å². The lowest BCUT2D eigenvalue weighted by molar-refractivity contribution is 0.621. The van der Waals surface area contributed by atoms with Gasteiger partial charge in [-0.15, -0.1) is 11.3 Å². The van der Waals surface area contributed by atoms with E-state index in [-0.39, 0.29) is 17.8 Å². The van der Waals surface area contributed by atoms with Crippen molar-refractivity contribution in [1.29, 1.82) is 0 Å². The van der Waals surface area contributed by atoms with Crippen LogP contribution in [0.4, 0.5) is 0 Å². The molecule has 0 radical (unpaired) electrons. The average molecular weight is 326 g/mol. The Kier molecular flexibility index (Phi) is 3.12. The topological polar surface area (TPSA) is 87.1 Å². The minimum Gasteiger partial charge on any atom is -0.269 e. The lowest BCUT2D eigenvalue weighted by Gasteiger charge is -1.99. The third-order valence-corrected chi connectivity index (χ3v) is 4.06. The molecule has 0 unspecified atom stereocenters. The van der Waals surface area contributed by atoms with Crippen molar-refractivity contribution >= 4 is 16.3 Å². The van der Waals surface area contributed by atoms with Crippen LogP contribution in [-0.4, -0.2) is 29.2 Å². The molecule has 114 valence electrons. The molecule has 0 aliphatic rings. The second kappa shape index (κ2) is 5.29. The predicted molar refractivity (Wildman–Crippen MR) is 84.1 cm³/mol. The molecule has 0 aliphatic heterocycles. The molecule has 0 atom stereocenters. The van der Waals surface area contributed by atoms with Crippen molar-refractivity contribution < 1.29 is 0 Å². The molecule has 0 amide bonds. The molecule has 4 aromatic rings. The van der Waals surface area contributed by atoms with Crippen molar-refractivity contribution in [2.45, 2.75) is 6.54 Å². The molecule has 0 saturated carbocycles. The first kappa shape index (κ1) is 13.6. The van der Waals surface area contributed by atoms with E-state index in [0.29, 0.717) is 16.3 Å². The van der Waals surface area contributed by atoms with Gasteiger partial charge in [0.25, 0.3) is 5.56 Å². The normalized spacial score (nSPS) is 11.1. The maximum atomic E-state index is 12.4. The highest BCUT2D eigenvalue weighted by Crippen LogP contribution is 2.07. The summed E-state index contributed by atoms with van der Waals surface area (Å²) >= 11 is 1.36. The van der Waals surface area contributed by atoms with Crippen LogP contribution in [0.15, 0.2) is 57.6 Å². The monoisotopic (exact) mass is 326 g/mol. The minimum atomic E-state index is -0.385. The van der Waals surface area contributed by atoms with Crippen LogP contribution >= 0.6 is 11.3 Å². The predicted octanol–water partition coefficient (Wildman–Crippen LogP) is 0.547. The maximum Gasteiger partial charge on any atom is 0.368 e. The van der Waals surface area contributed by atoms with Crippen LogP contribution in [0.25, 0.3) is 10.6 Å². The summed E-state index contributed by atoms with van der Waals surface area (Å²) in [6.07, 6.45) is 1.66. The van der Waals surface area contributed by atoms with E-state index in [2.05, 4.69) is 15.4 Å². The van der Waals surface area contributed by atoms with Gasteiger partial charge >= 0.3 is 5.69 Å². The summed E-state index contributed by atoms with van der Waals surface area (Å²) < 4.78 is 3.84. The summed E-state index contributed by atoms with van der Waals surface area (Å²) in [6.45, 7) is 0.0926. The van der Waals surface area contributed by atoms with E-state index in [4.69, 9.17) is 0 Å². The molecular weight excluding hydrogens is 316 g/mol.